The monoisotopic (exact) mass is 365 g/mol. The number of rotatable bonds is 4. The molecule has 0 aliphatic rings. The van der Waals surface area contributed by atoms with Crippen molar-refractivity contribution < 1.29 is 4.52 Å². The second kappa shape index (κ2) is 5.39. The number of nitrogens with one attached hydrogen (secondary N) is 1. The molecule has 0 bridgehead atoms. The van der Waals surface area contributed by atoms with Crippen LogP contribution in [0, 0.1) is 0 Å². The molecule has 4 nitrogen and oxygen atoms in total. The molecule has 2 aromatic heterocycles. The van der Waals surface area contributed by atoms with E-state index in [4.69, 9.17) is 4.52 Å². The third kappa shape index (κ3) is 2.71. The second-order valence-corrected chi connectivity index (χ2v) is 6.86. The van der Waals surface area contributed by atoms with E-state index in [2.05, 4.69) is 47.3 Å². The smallest absolute Gasteiger partial charge is 0.259 e. The number of aromatic nitrogens is 2. The molecule has 0 aliphatic heterocycles. The predicted octanol–water partition coefficient (Wildman–Crippen LogP) is 3.09. The Balaban J connectivity index is 2.21. The molecule has 0 aliphatic carbocycles. The molecular weight excluding hydrogens is 358 g/mol. The molecule has 0 radical (unpaired) electrons. The van der Waals surface area contributed by atoms with Crippen LogP contribution in [0.2, 0.25) is 0 Å². The molecule has 2 aromatic rings. The van der Waals surface area contributed by atoms with Gasteiger partial charge in [-0.2, -0.15) is 4.98 Å². The second-order valence-electron chi connectivity index (χ2n) is 3.11. The Labute approximate surface area is 114 Å². The summed E-state index contributed by atoms with van der Waals surface area (Å²) in [5, 5.41) is 6.97. The molecule has 1 N–H and O–H groups in total. The van der Waals surface area contributed by atoms with Gasteiger partial charge in [0.2, 0.25) is 0 Å². The van der Waals surface area contributed by atoms with Gasteiger partial charge in [0.05, 0.1) is 13.1 Å². The Morgan fingerprint density at radius 1 is 1.50 bits per heavy atom. The van der Waals surface area contributed by atoms with Crippen LogP contribution in [0.4, 0.5) is 0 Å². The molecule has 2 rings (SSSR count). The summed E-state index contributed by atoms with van der Waals surface area (Å²) in [6.45, 7) is 0.841. The maximum atomic E-state index is 5.21. The first-order valence-corrected chi connectivity index (χ1v) is 7.03. The highest BCUT2D eigenvalue weighted by molar-refractivity contribution is 9.12. The summed E-state index contributed by atoms with van der Waals surface area (Å²) in [5.74, 6) is 1.28. The van der Waals surface area contributed by atoms with Crippen LogP contribution >= 0.6 is 43.2 Å². The summed E-state index contributed by atoms with van der Waals surface area (Å²) in [4.78, 5) is 4.33. The minimum Gasteiger partial charge on any atom is -0.334 e. The molecule has 86 valence electrons. The Kier molecular flexibility index (Phi) is 4.12. The normalized spacial score (nSPS) is 10.9. The summed E-state index contributed by atoms with van der Waals surface area (Å²) >= 11 is 8.47. The Bertz CT molecular complexity index is 483. The zero-order chi connectivity index (χ0) is 11.5. The third-order valence-electron chi connectivity index (χ3n) is 1.95. The van der Waals surface area contributed by atoms with Crippen molar-refractivity contribution in [1.29, 1.82) is 0 Å². The zero-order valence-electron chi connectivity index (χ0n) is 8.46. The standard InChI is InChI=1S/C9H9Br2N3OS/c1-12-3-2-7-13-9(15-14-7)5-4-6(10)16-8(5)11/h4,12H,2-3H2,1H3. The molecule has 0 spiro atoms. The van der Waals surface area contributed by atoms with Gasteiger partial charge >= 0.3 is 0 Å². The van der Waals surface area contributed by atoms with Crippen LogP contribution in [0.3, 0.4) is 0 Å². The predicted molar refractivity (Wildman–Crippen MR) is 70.6 cm³/mol. The van der Waals surface area contributed by atoms with Crippen molar-refractivity contribution in [2.45, 2.75) is 6.42 Å². The summed E-state index contributed by atoms with van der Waals surface area (Å²) in [7, 11) is 1.90. The van der Waals surface area contributed by atoms with Crippen molar-refractivity contribution >= 4 is 43.2 Å². The Morgan fingerprint density at radius 3 is 2.94 bits per heavy atom. The summed E-state index contributed by atoms with van der Waals surface area (Å²) in [6, 6.07) is 1.96. The van der Waals surface area contributed by atoms with Gasteiger partial charge in [0.15, 0.2) is 5.82 Å². The molecule has 0 saturated carbocycles. The molecule has 0 unspecified atom stereocenters. The van der Waals surface area contributed by atoms with E-state index in [0.29, 0.717) is 5.89 Å². The minimum absolute atomic E-state index is 0.555. The average molecular weight is 367 g/mol. The first kappa shape index (κ1) is 12.2. The van der Waals surface area contributed by atoms with Crippen LogP contribution in [0.1, 0.15) is 5.82 Å². The van der Waals surface area contributed by atoms with Crippen LogP contribution in [-0.4, -0.2) is 23.7 Å². The summed E-state index contributed by atoms with van der Waals surface area (Å²) in [5.41, 5.74) is 0.931. The topological polar surface area (TPSA) is 51.0 Å². The largest absolute Gasteiger partial charge is 0.334 e. The van der Waals surface area contributed by atoms with Crippen molar-refractivity contribution in [1.82, 2.24) is 15.5 Å². The molecule has 16 heavy (non-hydrogen) atoms. The van der Waals surface area contributed by atoms with E-state index in [1.165, 1.54) is 0 Å². The lowest BCUT2D eigenvalue weighted by Crippen LogP contribution is -2.10. The molecular formula is C9H9Br2N3OS. The zero-order valence-corrected chi connectivity index (χ0v) is 12.4. The van der Waals surface area contributed by atoms with Gasteiger partial charge in [0.1, 0.15) is 0 Å². The Morgan fingerprint density at radius 2 is 2.31 bits per heavy atom. The van der Waals surface area contributed by atoms with E-state index in [0.717, 1.165) is 31.9 Å². The lowest BCUT2D eigenvalue weighted by molar-refractivity contribution is 0.422. The number of nitrogens with zero attached hydrogens (tertiary/aromatic N) is 2. The fraction of sp³-hybridized carbons (Fsp3) is 0.333. The lowest BCUT2D eigenvalue weighted by atomic mass is 10.3. The van der Waals surface area contributed by atoms with Gasteiger partial charge < -0.3 is 9.84 Å². The van der Waals surface area contributed by atoms with Gasteiger partial charge in [-0.1, -0.05) is 5.16 Å². The van der Waals surface area contributed by atoms with E-state index in [1.54, 1.807) is 11.3 Å². The highest BCUT2D eigenvalue weighted by Gasteiger charge is 2.14. The van der Waals surface area contributed by atoms with Crippen molar-refractivity contribution in [3.63, 3.8) is 0 Å². The van der Waals surface area contributed by atoms with Gasteiger partial charge in [0.25, 0.3) is 5.89 Å². The minimum atomic E-state index is 0.555. The van der Waals surface area contributed by atoms with Crippen LogP contribution in [0.25, 0.3) is 11.5 Å². The maximum absolute atomic E-state index is 5.21. The number of thiophene rings is 1. The molecule has 0 fully saturated rings. The number of hydrogen-bond donors (Lipinski definition) is 1. The van der Waals surface area contributed by atoms with E-state index in [1.807, 2.05) is 13.1 Å². The summed E-state index contributed by atoms with van der Waals surface area (Å²) < 4.78 is 7.23. The molecule has 7 heteroatoms. The van der Waals surface area contributed by atoms with Gasteiger partial charge in [-0.3, -0.25) is 0 Å². The molecule has 0 aromatic carbocycles. The van der Waals surface area contributed by atoms with Crippen molar-refractivity contribution in [2.75, 3.05) is 13.6 Å². The fourth-order valence-corrected chi connectivity index (χ4v) is 3.97. The van der Waals surface area contributed by atoms with Crippen LogP contribution < -0.4 is 5.32 Å². The van der Waals surface area contributed by atoms with Crippen molar-refractivity contribution in [3.8, 4) is 11.5 Å². The van der Waals surface area contributed by atoms with Gasteiger partial charge in [-0.15, -0.1) is 11.3 Å². The third-order valence-corrected chi connectivity index (χ3v) is 4.29. The molecule has 0 atom stereocenters. The maximum Gasteiger partial charge on any atom is 0.259 e. The van der Waals surface area contributed by atoms with Gasteiger partial charge in [0, 0.05) is 13.0 Å². The van der Waals surface area contributed by atoms with Crippen molar-refractivity contribution in [2.24, 2.45) is 0 Å². The lowest BCUT2D eigenvalue weighted by Gasteiger charge is -1.90. The van der Waals surface area contributed by atoms with Crippen LogP contribution in [0.15, 0.2) is 18.2 Å². The van der Waals surface area contributed by atoms with Crippen molar-refractivity contribution in [3.05, 3.63) is 19.5 Å². The Hall–Kier alpha value is -0.240. The van der Waals surface area contributed by atoms with Crippen LogP contribution in [0.5, 0.6) is 0 Å². The number of likely N-dealkylation sites (N-methyl/N-ethyl adjacent to an activating group) is 1. The highest BCUT2D eigenvalue weighted by Crippen LogP contribution is 2.37. The van der Waals surface area contributed by atoms with Gasteiger partial charge in [-0.05, 0) is 45.0 Å². The highest BCUT2D eigenvalue weighted by atomic mass is 79.9. The number of hydrogen-bond acceptors (Lipinski definition) is 5. The van der Waals surface area contributed by atoms with E-state index in [-0.39, 0.29) is 0 Å². The van der Waals surface area contributed by atoms with E-state index in [9.17, 15) is 0 Å². The first-order chi connectivity index (χ1) is 7.70. The molecule has 0 amide bonds. The fourth-order valence-electron chi connectivity index (χ4n) is 1.19. The van der Waals surface area contributed by atoms with Crippen LogP contribution in [-0.2, 0) is 6.42 Å². The quantitative estimate of drug-likeness (QED) is 0.903. The van der Waals surface area contributed by atoms with E-state index >= 15 is 0 Å². The van der Waals surface area contributed by atoms with E-state index < -0.39 is 0 Å². The first-order valence-electron chi connectivity index (χ1n) is 4.63. The summed E-state index contributed by atoms with van der Waals surface area (Å²) in [6.07, 6.45) is 0.767. The number of halogens is 2. The molecule has 0 saturated heterocycles. The SMILES string of the molecule is CNCCc1noc(-c2cc(Br)sc2Br)n1. The average Bonchev–Trinajstić information content (AvgIpc) is 2.82. The van der Waals surface area contributed by atoms with Gasteiger partial charge in [-0.25, -0.2) is 0 Å². The molecule has 2 heterocycles.